The van der Waals surface area contributed by atoms with Crippen LogP contribution in [0.3, 0.4) is 0 Å². The Bertz CT molecular complexity index is 2040. The van der Waals surface area contributed by atoms with Crippen LogP contribution >= 0.6 is 0 Å². The van der Waals surface area contributed by atoms with E-state index in [4.69, 9.17) is 4.74 Å². The zero-order valence-electron chi connectivity index (χ0n) is 29.4. The maximum Gasteiger partial charge on any atom is 0.303 e. The van der Waals surface area contributed by atoms with Crippen molar-refractivity contribution >= 4 is 38.8 Å². The summed E-state index contributed by atoms with van der Waals surface area (Å²) in [4.78, 5) is 47.1. The molecule has 2 saturated carbocycles. The van der Waals surface area contributed by atoms with E-state index in [1.54, 1.807) is 26.2 Å². The van der Waals surface area contributed by atoms with Crippen molar-refractivity contribution in [3.63, 3.8) is 0 Å². The molecule has 4 fully saturated rings. The molecule has 0 radical (unpaired) electrons. The first-order valence-electron chi connectivity index (χ1n) is 17.7. The number of benzene rings is 2. The van der Waals surface area contributed by atoms with Gasteiger partial charge in [0.15, 0.2) is 0 Å². The molecule has 1 N–H and O–H groups in total. The number of methoxy groups -OCH3 is 1. The summed E-state index contributed by atoms with van der Waals surface area (Å²) in [5, 5.41) is 1.04. The molecule has 50 heavy (non-hydrogen) atoms. The Hall–Kier alpha value is -3.94. The topological polar surface area (TPSA) is 124 Å². The van der Waals surface area contributed by atoms with Crippen LogP contribution in [0.1, 0.15) is 78.8 Å². The number of ether oxygens (including phenoxy) is 1. The fraction of sp³-hybridized carbons (Fsp3) is 0.541. The van der Waals surface area contributed by atoms with Crippen LogP contribution in [0.15, 0.2) is 36.4 Å². The summed E-state index contributed by atoms with van der Waals surface area (Å²) in [5.74, 6) is 0.477. The van der Waals surface area contributed by atoms with Gasteiger partial charge in [-0.05, 0) is 73.7 Å². The summed E-state index contributed by atoms with van der Waals surface area (Å²) in [6.07, 6.45) is 6.14. The van der Waals surface area contributed by atoms with Gasteiger partial charge in [-0.3, -0.25) is 19.3 Å². The van der Waals surface area contributed by atoms with Crippen LogP contribution in [0.5, 0.6) is 5.75 Å². The van der Waals surface area contributed by atoms with Crippen LogP contribution in [0, 0.1) is 5.41 Å². The fourth-order valence-electron chi connectivity index (χ4n) is 9.53. The minimum absolute atomic E-state index is 0.0211. The zero-order chi connectivity index (χ0) is 35.3. The number of nitrogens with one attached hydrogen (secondary N) is 1. The van der Waals surface area contributed by atoms with E-state index in [1.165, 1.54) is 26.1 Å². The van der Waals surface area contributed by atoms with Gasteiger partial charge in [-0.15, -0.1) is 0 Å². The summed E-state index contributed by atoms with van der Waals surface area (Å²) >= 11 is 0. The van der Waals surface area contributed by atoms with Crippen molar-refractivity contribution in [3.05, 3.63) is 53.1 Å². The third-order valence-electron chi connectivity index (χ3n) is 12.1. The summed E-state index contributed by atoms with van der Waals surface area (Å²) in [6, 6.07) is 11.7. The molecule has 4 unspecified atom stereocenters. The van der Waals surface area contributed by atoms with Crippen molar-refractivity contribution in [1.29, 1.82) is 0 Å². The number of amides is 3. The smallest absolute Gasteiger partial charge is 0.303 e. The van der Waals surface area contributed by atoms with Crippen molar-refractivity contribution in [3.8, 4) is 17.0 Å². The Labute approximate surface area is 293 Å². The molecular weight excluding hydrogens is 657 g/mol. The van der Waals surface area contributed by atoms with Gasteiger partial charge in [0.25, 0.3) is 5.91 Å². The molecule has 12 nitrogen and oxygen atoms in total. The van der Waals surface area contributed by atoms with Gasteiger partial charge in [0.1, 0.15) is 11.9 Å². The largest absolute Gasteiger partial charge is 0.497 e. The lowest BCUT2D eigenvalue weighted by Gasteiger charge is -2.42. The van der Waals surface area contributed by atoms with Crippen molar-refractivity contribution in [2.24, 2.45) is 5.41 Å². The maximum atomic E-state index is 15.0. The molecule has 4 atom stereocenters. The van der Waals surface area contributed by atoms with Crippen LogP contribution < -0.4 is 9.46 Å². The number of carbonyl (C=O) groups is 3. The number of piperazine rings is 1. The first-order chi connectivity index (χ1) is 23.8. The number of rotatable bonds is 6. The lowest BCUT2D eigenvalue weighted by Crippen LogP contribution is -2.59. The standard InChI is InChI=1S/C37H46N6O6S/c1-22(44)43-25-18-40(4)32(43)20-41(19-25)36(46)37-17-30(37)29-16-26(49-5)12-14-27(29)34-33(23-9-7-6-8-10-23)28-13-11-24(15-31(28)42(34)21-37)35(45)38-50(47,48)39(2)3/h11-16,23,25,30,32H,6-10,17-21H2,1-5H3,(H,38,45). The Balaban J connectivity index is 1.29. The lowest BCUT2D eigenvalue weighted by molar-refractivity contribution is -0.148. The number of hydrogen-bond donors (Lipinski definition) is 1. The van der Waals surface area contributed by atoms with Crippen LogP contribution in [-0.2, 0) is 26.3 Å². The number of nitrogens with zero attached hydrogens (tertiary/aromatic N) is 5. The third kappa shape index (κ3) is 5.06. The van der Waals surface area contributed by atoms with E-state index in [-0.39, 0.29) is 35.5 Å². The SMILES string of the molecule is COc1ccc2c(c1)C1CC1(C(=O)N1CC3CN(C)C(C1)N3C(C)=O)Cn1c-2c(C2CCCCC2)c2ccc(C(=O)NS(=O)(=O)N(C)C)cc21. The molecule has 2 bridgehead atoms. The molecule has 2 aromatic carbocycles. The monoisotopic (exact) mass is 702 g/mol. The minimum Gasteiger partial charge on any atom is -0.497 e. The number of aromatic nitrogens is 1. The predicted molar refractivity (Wildman–Crippen MR) is 189 cm³/mol. The molecule has 3 aromatic rings. The number of carbonyl (C=O) groups excluding carboxylic acids is 3. The quantitative estimate of drug-likeness (QED) is 0.416. The van der Waals surface area contributed by atoms with Crippen LogP contribution in [0.2, 0.25) is 0 Å². The highest BCUT2D eigenvalue weighted by molar-refractivity contribution is 7.87. The van der Waals surface area contributed by atoms with E-state index in [2.05, 4.69) is 26.3 Å². The molecular formula is C37H46N6O6S. The van der Waals surface area contributed by atoms with Gasteiger partial charge >= 0.3 is 10.2 Å². The maximum absolute atomic E-state index is 15.0. The molecule has 13 heteroatoms. The molecule has 3 amide bonds. The van der Waals surface area contributed by atoms with Gasteiger partial charge in [0.05, 0.1) is 30.8 Å². The van der Waals surface area contributed by atoms with E-state index < -0.39 is 21.5 Å². The minimum atomic E-state index is -4.00. The molecule has 4 heterocycles. The average Bonchev–Trinajstić information content (AvgIpc) is 3.71. The van der Waals surface area contributed by atoms with E-state index in [9.17, 15) is 18.0 Å². The molecule has 8 rings (SSSR count). The number of fused-ring (bicyclic) bond motifs is 9. The number of hydrogen-bond acceptors (Lipinski definition) is 7. The molecule has 3 aliphatic heterocycles. The van der Waals surface area contributed by atoms with Crippen LogP contribution in [0.25, 0.3) is 22.2 Å². The molecule has 266 valence electrons. The zero-order valence-corrected chi connectivity index (χ0v) is 30.3. The second-order valence-corrected chi connectivity index (χ2v) is 17.1. The van der Waals surface area contributed by atoms with Crippen molar-refractivity contribution < 1.29 is 27.5 Å². The Morgan fingerprint density at radius 2 is 1.76 bits per heavy atom. The van der Waals surface area contributed by atoms with Gasteiger partial charge < -0.3 is 19.1 Å². The average molecular weight is 703 g/mol. The van der Waals surface area contributed by atoms with Gasteiger partial charge in [0, 0.05) is 68.6 Å². The second kappa shape index (κ2) is 11.8. The molecule has 1 aromatic heterocycles. The highest BCUT2D eigenvalue weighted by Crippen LogP contribution is 2.66. The van der Waals surface area contributed by atoms with E-state index >= 15 is 4.79 Å². The molecule has 0 spiro atoms. The first kappa shape index (κ1) is 33.2. The van der Waals surface area contributed by atoms with Crippen molar-refractivity contribution in [2.45, 2.75) is 76.0 Å². The van der Waals surface area contributed by atoms with E-state index in [0.29, 0.717) is 32.0 Å². The lowest BCUT2D eigenvalue weighted by atomic mass is 9.81. The van der Waals surface area contributed by atoms with E-state index in [0.717, 1.165) is 70.0 Å². The fourth-order valence-corrected chi connectivity index (χ4v) is 10.1. The summed E-state index contributed by atoms with van der Waals surface area (Å²) in [5.41, 5.74) is 4.88. The highest BCUT2D eigenvalue weighted by Gasteiger charge is 2.65. The Kier molecular flexibility index (Phi) is 7.85. The van der Waals surface area contributed by atoms with Crippen LogP contribution in [-0.4, -0.2) is 110 Å². The summed E-state index contributed by atoms with van der Waals surface area (Å²) in [7, 11) is 2.44. The normalized spacial score (nSPS) is 26.3. The molecule has 2 aliphatic carbocycles. The van der Waals surface area contributed by atoms with Crippen molar-refractivity contribution in [2.75, 3.05) is 47.9 Å². The molecule has 5 aliphatic rings. The molecule has 2 saturated heterocycles. The predicted octanol–water partition coefficient (Wildman–Crippen LogP) is 3.72. The summed E-state index contributed by atoms with van der Waals surface area (Å²) < 4.78 is 36.4. The second-order valence-electron chi connectivity index (χ2n) is 15.2. The number of likely N-dealkylation sites (N-methyl/N-ethyl adjacent to an activating group) is 1. The third-order valence-corrected chi connectivity index (χ3v) is 13.5. The van der Waals surface area contributed by atoms with Crippen molar-refractivity contribution in [1.82, 2.24) is 28.3 Å². The van der Waals surface area contributed by atoms with Gasteiger partial charge in [0.2, 0.25) is 11.8 Å². The first-order valence-corrected chi connectivity index (χ1v) is 19.2. The Morgan fingerprint density at radius 1 is 1.00 bits per heavy atom. The van der Waals surface area contributed by atoms with E-state index in [1.807, 2.05) is 29.0 Å². The van der Waals surface area contributed by atoms with Gasteiger partial charge in [-0.2, -0.15) is 12.7 Å². The van der Waals surface area contributed by atoms with Crippen LogP contribution in [0.4, 0.5) is 0 Å². The van der Waals surface area contributed by atoms with Gasteiger partial charge in [-0.25, -0.2) is 4.72 Å². The highest BCUT2D eigenvalue weighted by atomic mass is 32.2. The summed E-state index contributed by atoms with van der Waals surface area (Å²) in [6.45, 7) is 3.73. The Morgan fingerprint density at radius 3 is 2.44 bits per heavy atom. The van der Waals surface area contributed by atoms with Gasteiger partial charge in [-0.1, -0.05) is 25.3 Å².